The van der Waals surface area contributed by atoms with Gasteiger partial charge in [-0.25, -0.2) is 0 Å². The molecule has 0 amide bonds. The maximum atomic E-state index is 2.50. The predicted octanol–water partition coefficient (Wildman–Crippen LogP) is 9.44. The fourth-order valence-corrected chi connectivity index (χ4v) is 7.49. The number of benzene rings is 6. The van der Waals surface area contributed by atoms with E-state index in [2.05, 4.69) is 145 Å². The van der Waals surface area contributed by atoms with Crippen LogP contribution in [-0.4, -0.2) is 4.57 Å². The SMILES string of the molecule is Cc1ccc(-c2ccc3c(c2)C2(c4ccccc4-3)c3ccccc3-n3c4ccccc4c4cccc2c43)cc1. The zero-order valence-corrected chi connectivity index (χ0v) is 21.6. The summed E-state index contributed by atoms with van der Waals surface area (Å²) in [7, 11) is 0. The van der Waals surface area contributed by atoms with Crippen molar-refractivity contribution in [2.24, 2.45) is 0 Å². The monoisotopic (exact) mass is 495 g/mol. The van der Waals surface area contributed by atoms with Crippen LogP contribution < -0.4 is 0 Å². The van der Waals surface area contributed by atoms with Crippen LogP contribution in [0.2, 0.25) is 0 Å². The molecule has 0 saturated carbocycles. The zero-order chi connectivity index (χ0) is 25.7. The van der Waals surface area contributed by atoms with Crippen molar-refractivity contribution in [2.75, 3.05) is 0 Å². The third-order valence-electron chi connectivity index (χ3n) is 9.08. The topological polar surface area (TPSA) is 4.93 Å². The van der Waals surface area contributed by atoms with Gasteiger partial charge < -0.3 is 4.57 Å². The molecule has 9 rings (SSSR count). The second-order valence-corrected chi connectivity index (χ2v) is 11.0. The van der Waals surface area contributed by atoms with Gasteiger partial charge in [0.05, 0.1) is 22.1 Å². The molecule has 1 spiro atoms. The number of hydrogen-bond acceptors (Lipinski definition) is 0. The van der Waals surface area contributed by atoms with E-state index < -0.39 is 5.41 Å². The van der Waals surface area contributed by atoms with Gasteiger partial charge in [0.25, 0.3) is 0 Å². The normalized spacial score (nSPS) is 16.4. The van der Waals surface area contributed by atoms with E-state index in [1.807, 2.05) is 0 Å². The molecular formula is C38H25N. The largest absolute Gasteiger partial charge is 0.309 e. The summed E-state index contributed by atoms with van der Waals surface area (Å²) in [5, 5.41) is 2.62. The molecule has 0 N–H and O–H groups in total. The molecule has 2 aliphatic rings. The summed E-state index contributed by atoms with van der Waals surface area (Å²) in [5.41, 5.74) is 15.4. The minimum atomic E-state index is -0.396. The lowest BCUT2D eigenvalue weighted by molar-refractivity contribution is 0.749. The lowest BCUT2D eigenvalue weighted by Gasteiger charge is -2.39. The lowest BCUT2D eigenvalue weighted by Crippen LogP contribution is -2.33. The average Bonchev–Trinajstić information content (AvgIpc) is 3.48. The first-order valence-electron chi connectivity index (χ1n) is 13.7. The van der Waals surface area contributed by atoms with Gasteiger partial charge in [0.1, 0.15) is 0 Å². The highest BCUT2D eigenvalue weighted by atomic mass is 15.0. The van der Waals surface area contributed by atoms with E-state index in [9.17, 15) is 0 Å². The first-order chi connectivity index (χ1) is 19.3. The van der Waals surface area contributed by atoms with Gasteiger partial charge in [0, 0.05) is 10.8 Å². The minimum absolute atomic E-state index is 0.396. The molecule has 2 heterocycles. The number of aryl methyl sites for hydroxylation is 1. The third-order valence-corrected chi connectivity index (χ3v) is 9.08. The molecule has 1 unspecified atom stereocenters. The molecular weight excluding hydrogens is 470 g/mol. The van der Waals surface area contributed by atoms with Crippen LogP contribution in [0.3, 0.4) is 0 Å². The van der Waals surface area contributed by atoms with Crippen LogP contribution in [-0.2, 0) is 5.41 Å². The Balaban J connectivity index is 1.49. The Hall–Kier alpha value is -4.88. The van der Waals surface area contributed by atoms with Crippen LogP contribution in [0.5, 0.6) is 0 Å². The van der Waals surface area contributed by atoms with Gasteiger partial charge >= 0.3 is 0 Å². The molecule has 6 aromatic carbocycles. The summed E-state index contributed by atoms with van der Waals surface area (Å²) in [4.78, 5) is 0. The zero-order valence-electron chi connectivity index (χ0n) is 21.6. The van der Waals surface area contributed by atoms with Gasteiger partial charge in [-0.2, -0.15) is 0 Å². The van der Waals surface area contributed by atoms with Crippen molar-refractivity contribution >= 4 is 21.8 Å². The van der Waals surface area contributed by atoms with E-state index in [-0.39, 0.29) is 0 Å². The summed E-state index contributed by atoms with van der Waals surface area (Å²) >= 11 is 0. The quantitative estimate of drug-likeness (QED) is 0.214. The fourth-order valence-electron chi connectivity index (χ4n) is 7.49. The lowest BCUT2D eigenvalue weighted by atomic mass is 9.65. The van der Waals surface area contributed by atoms with Crippen LogP contribution in [0.1, 0.15) is 27.8 Å². The molecule has 1 nitrogen and oxygen atoms in total. The van der Waals surface area contributed by atoms with Crippen molar-refractivity contribution in [3.63, 3.8) is 0 Å². The van der Waals surface area contributed by atoms with E-state index in [0.29, 0.717) is 0 Å². The fraction of sp³-hybridized carbons (Fsp3) is 0.0526. The van der Waals surface area contributed by atoms with E-state index in [4.69, 9.17) is 0 Å². The molecule has 1 aliphatic heterocycles. The Bertz CT molecular complexity index is 2130. The molecule has 0 bridgehead atoms. The van der Waals surface area contributed by atoms with Crippen molar-refractivity contribution < 1.29 is 0 Å². The highest BCUT2D eigenvalue weighted by molar-refractivity contribution is 6.12. The molecule has 1 aromatic heterocycles. The Kier molecular flexibility index (Phi) is 3.98. The summed E-state index contributed by atoms with van der Waals surface area (Å²) in [6.07, 6.45) is 0. The van der Waals surface area contributed by atoms with Crippen molar-refractivity contribution in [1.82, 2.24) is 4.57 Å². The van der Waals surface area contributed by atoms with E-state index in [0.717, 1.165) is 0 Å². The maximum absolute atomic E-state index is 2.50. The Morgan fingerprint density at radius 2 is 1.15 bits per heavy atom. The van der Waals surface area contributed by atoms with Crippen LogP contribution in [0.15, 0.2) is 133 Å². The van der Waals surface area contributed by atoms with Gasteiger partial charge in [-0.05, 0) is 69.6 Å². The summed E-state index contributed by atoms with van der Waals surface area (Å²) < 4.78 is 2.50. The molecule has 39 heavy (non-hydrogen) atoms. The van der Waals surface area contributed by atoms with Crippen LogP contribution in [0.25, 0.3) is 49.7 Å². The number of fused-ring (bicyclic) bond motifs is 12. The highest BCUT2D eigenvalue weighted by Crippen LogP contribution is 2.61. The predicted molar refractivity (Wildman–Crippen MR) is 162 cm³/mol. The van der Waals surface area contributed by atoms with Gasteiger partial charge in [-0.15, -0.1) is 0 Å². The molecule has 0 saturated heterocycles. The average molecular weight is 496 g/mol. The summed E-state index contributed by atoms with van der Waals surface area (Å²) in [6.45, 7) is 2.15. The smallest absolute Gasteiger partial charge is 0.0754 e. The molecule has 0 fully saturated rings. The van der Waals surface area contributed by atoms with Crippen molar-refractivity contribution in [3.05, 3.63) is 161 Å². The van der Waals surface area contributed by atoms with Crippen LogP contribution in [0.4, 0.5) is 0 Å². The second-order valence-electron chi connectivity index (χ2n) is 11.0. The van der Waals surface area contributed by atoms with Crippen molar-refractivity contribution in [2.45, 2.75) is 12.3 Å². The number of nitrogens with zero attached hydrogens (tertiary/aromatic N) is 1. The first kappa shape index (κ1) is 21.1. The van der Waals surface area contributed by atoms with Crippen molar-refractivity contribution in [1.29, 1.82) is 0 Å². The Morgan fingerprint density at radius 1 is 0.487 bits per heavy atom. The maximum Gasteiger partial charge on any atom is 0.0754 e. The number of hydrogen-bond donors (Lipinski definition) is 0. The Labute approximate surface area is 227 Å². The molecule has 7 aromatic rings. The van der Waals surface area contributed by atoms with E-state index in [1.54, 1.807) is 0 Å². The van der Waals surface area contributed by atoms with Crippen molar-refractivity contribution in [3.8, 4) is 27.9 Å². The molecule has 1 atom stereocenters. The van der Waals surface area contributed by atoms with Gasteiger partial charge in [0.2, 0.25) is 0 Å². The second kappa shape index (κ2) is 7.36. The molecule has 1 heteroatoms. The van der Waals surface area contributed by atoms with E-state index >= 15 is 0 Å². The number of aromatic nitrogens is 1. The van der Waals surface area contributed by atoms with Gasteiger partial charge in [-0.3, -0.25) is 0 Å². The Morgan fingerprint density at radius 3 is 2.05 bits per heavy atom. The molecule has 1 aliphatic carbocycles. The van der Waals surface area contributed by atoms with Gasteiger partial charge in [-0.1, -0.05) is 121 Å². The highest BCUT2D eigenvalue weighted by Gasteiger charge is 2.50. The molecule has 0 radical (unpaired) electrons. The summed E-state index contributed by atoms with van der Waals surface area (Å²) in [6, 6.07) is 49.9. The van der Waals surface area contributed by atoms with Crippen LogP contribution in [0, 0.1) is 6.92 Å². The molecule has 182 valence electrons. The van der Waals surface area contributed by atoms with Crippen LogP contribution >= 0.6 is 0 Å². The minimum Gasteiger partial charge on any atom is -0.309 e. The third kappa shape index (κ3) is 2.51. The number of rotatable bonds is 1. The number of para-hydroxylation sites is 3. The van der Waals surface area contributed by atoms with E-state index in [1.165, 1.54) is 77.6 Å². The standard InChI is InChI=1S/C38H25N/c1-24-17-19-25(20-18-24)26-21-22-28-27-9-2-4-12-31(27)38(34(28)23-26)32-13-5-7-16-36(32)39-35-15-6-3-10-29(35)30-11-8-14-33(38)37(30)39/h2-23H,1H3. The van der Waals surface area contributed by atoms with Gasteiger partial charge in [0.15, 0.2) is 0 Å². The summed E-state index contributed by atoms with van der Waals surface area (Å²) in [5.74, 6) is 0. The first-order valence-corrected chi connectivity index (χ1v) is 13.7.